The second-order valence-corrected chi connectivity index (χ2v) is 6.47. The fraction of sp³-hybridized carbons (Fsp3) is 0.812. The van der Waals surface area contributed by atoms with Crippen LogP contribution in [0.5, 0.6) is 0 Å². The third-order valence-electron chi connectivity index (χ3n) is 3.43. The molecule has 0 unspecified atom stereocenters. The van der Waals surface area contributed by atoms with Gasteiger partial charge in [0.15, 0.2) is 0 Å². The summed E-state index contributed by atoms with van der Waals surface area (Å²) in [6.45, 7) is 10.8. The van der Waals surface area contributed by atoms with E-state index >= 15 is 0 Å². The minimum absolute atomic E-state index is 0.176. The molecule has 0 spiro atoms. The van der Waals surface area contributed by atoms with E-state index in [4.69, 9.17) is 4.74 Å². The SMILES string of the molecule is CCCCC1=CC[C@@H](C)N(C(=O)OC(C)(C)C)CC1. The quantitative estimate of drug-likeness (QED) is 0.703. The summed E-state index contributed by atoms with van der Waals surface area (Å²) in [5, 5.41) is 0. The first-order chi connectivity index (χ1) is 8.83. The molecule has 0 N–H and O–H groups in total. The van der Waals surface area contributed by atoms with Gasteiger partial charge in [-0.05, 0) is 53.4 Å². The number of carbonyl (C=O) groups is 1. The lowest BCUT2D eigenvalue weighted by Gasteiger charge is -2.30. The standard InChI is InChI=1S/C16H29NO2/c1-6-7-8-14-10-9-13(2)17(12-11-14)15(18)19-16(3,4)5/h10,13H,6-9,11-12H2,1-5H3/t13-/m1/s1. The summed E-state index contributed by atoms with van der Waals surface area (Å²) in [4.78, 5) is 14.1. The highest BCUT2D eigenvalue weighted by Gasteiger charge is 2.26. The average Bonchev–Trinajstić information content (AvgIpc) is 2.46. The van der Waals surface area contributed by atoms with Crippen LogP contribution < -0.4 is 0 Å². The Morgan fingerprint density at radius 1 is 1.47 bits per heavy atom. The van der Waals surface area contributed by atoms with Crippen LogP contribution in [-0.4, -0.2) is 29.2 Å². The molecule has 1 amide bonds. The van der Waals surface area contributed by atoms with Crippen molar-refractivity contribution in [1.82, 2.24) is 4.90 Å². The molecule has 0 aromatic carbocycles. The number of unbranched alkanes of at least 4 members (excludes halogenated alkanes) is 1. The van der Waals surface area contributed by atoms with Gasteiger partial charge in [0.25, 0.3) is 0 Å². The molecule has 0 saturated carbocycles. The maximum absolute atomic E-state index is 12.2. The maximum atomic E-state index is 12.2. The Morgan fingerprint density at radius 3 is 2.74 bits per heavy atom. The lowest BCUT2D eigenvalue weighted by molar-refractivity contribution is 0.0186. The van der Waals surface area contributed by atoms with E-state index in [1.807, 2.05) is 25.7 Å². The molecule has 0 fully saturated rings. The Kier molecular flexibility index (Phi) is 5.89. The first-order valence-electron chi connectivity index (χ1n) is 7.51. The predicted molar refractivity (Wildman–Crippen MR) is 79.2 cm³/mol. The van der Waals surface area contributed by atoms with Crippen molar-refractivity contribution in [1.29, 1.82) is 0 Å². The van der Waals surface area contributed by atoms with Gasteiger partial charge in [0.05, 0.1) is 0 Å². The number of hydrogen-bond acceptors (Lipinski definition) is 2. The summed E-state index contributed by atoms with van der Waals surface area (Å²) in [6, 6.07) is 0.231. The van der Waals surface area contributed by atoms with Crippen molar-refractivity contribution in [2.24, 2.45) is 0 Å². The van der Waals surface area contributed by atoms with Gasteiger partial charge in [0.2, 0.25) is 0 Å². The molecule has 1 atom stereocenters. The van der Waals surface area contributed by atoms with Crippen molar-refractivity contribution < 1.29 is 9.53 Å². The number of amides is 1. The van der Waals surface area contributed by atoms with Gasteiger partial charge in [-0.1, -0.05) is 25.0 Å². The summed E-state index contributed by atoms with van der Waals surface area (Å²) in [5.41, 5.74) is 1.08. The third kappa shape index (κ3) is 5.66. The fourth-order valence-electron chi connectivity index (χ4n) is 2.27. The molecule has 0 radical (unpaired) electrons. The number of carbonyl (C=O) groups excluding carboxylic acids is 1. The summed E-state index contributed by atoms with van der Waals surface area (Å²) in [6.07, 6.45) is 7.72. The monoisotopic (exact) mass is 267 g/mol. The van der Waals surface area contributed by atoms with E-state index in [0.29, 0.717) is 0 Å². The summed E-state index contributed by atoms with van der Waals surface area (Å²) in [7, 11) is 0. The highest BCUT2D eigenvalue weighted by Crippen LogP contribution is 2.22. The zero-order valence-corrected chi connectivity index (χ0v) is 13.2. The predicted octanol–water partition coefficient (Wildman–Crippen LogP) is 4.52. The number of nitrogens with zero attached hydrogens (tertiary/aromatic N) is 1. The first kappa shape index (κ1) is 16.1. The van der Waals surface area contributed by atoms with Gasteiger partial charge < -0.3 is 9.64 Å². The molecule has 0 bridgehead atoms. The van der Waals surface area contributed by atoms with E-state index < -0.39 is 5.60 Å². The van der Waals surface area contributed by atoms with E-state index in [-0.39, 0.29) is 12.1 Å². The van der Waals surface area contributed by atoms with Crippen molar-refractivity contribution in [2.45, 2.75) is 78.4 Å². The van der Waals surface area contributed by atoms with Crippen LogP contribution in [-0.2, 0) is 4.74 Å². The first-order valence-corrected chi connectivity index (χ1v) is 7.51. The van der Waals surface area contributed by atoms with Crippen LogP contribution in [0.2, 0.25) is 0 Å². The van der Waals surface area contributed by atoms with Crippen molar-refractivity contribution >= 4 is 6.09 Å². The molecule has 0 aromatic rings. The van der Waals surface area contributed by atoms with Crippen LogP contribution in [0.4, 0.5) is 4.79 Å². The Morgan fingerprint density at radius 2 is 2.16 bits per heavy atom. The summed E-state index contributed by atoms with van der Waals surface area (Å²) in [5.74, 6) is 0. The Bertz CT molecular complexity index is 328. The van der Waals surface area contributed by atoms with Gasteiger partial charge in [-0.15, -0.1) is 0 Å². The van der Waals surface area contributed by atoms with Crippen LogP contribution in [0.25, 0.3) is 0 Å². The minimum Gasteiger partial charge on any atom is -0.444 e. The summed E-state index contributed by atoms with van der Waals surface area (Å²) >= 11 is 0. The van der Waals surface area contributed by atoms with Crippen LogP contribution in [0.1, 0.15) is 66.7 Å². The molecule has 0 saturated heterocycles. The largest absolute Gasteiger partial charge is 0.444 e. The zero-order valence-electron chi connectivity index (χ0n) is 13.2. The maximum Gasteiger partial charge on any atom is 0.410 e. The van der Waals surface area contributed by atoms with E-state index in [1.54, 1.807) is 0 Å². The Balaban J connectivity index is 2.57. The van der Waals surface area contributed by atoms with Gasteiger partial charge in [0, 0.05) is 12.6 Å². The van der Waals surface area contributed by atoms with Gasteiger partial charge in [0.1, 0.15) is 5.60 Å². The molecular weight excluding hydrogens is 238 g/mol. The van der Waals surface area contributed by atoms with Crippen LogP contribution in [0.3, 0.4) is 0 Å². The molecule has 0 aromatic heterocycles. The number of rotatable bonds is 3. The third-order valence-corrected chi connectivity index (χ3v) is 3.43. The molecule has 3 heteroatoms. The molecule has 110 valence electrons. The van der Waals surface area contributed by atoms with Gasteiger partial charge >= 0.3 is 6.09 Å². The summed E-state index contributed by atoms with van der Waals surface area (Å²) < 4.78 is 5.48. The molecule has 1 aliphatic rings. The number of ether oxygens (including phenoxy) is 1. The topological polar surface area (TPSA) is 29.5 Å². The zero-order chi connectivity index (χ0) is 14.5. The van der Waals surface area contributed by atoms with E-state index in [1.165, 1.54) is 24.8 Å². The van der Waals surface area contributed by atoms with Gasteiger partial charge in [-0.3, -0.25) is 0 Å². The lowest BCUT2D eigenvalue weighted by atomic mass is 10.0. The molecule has 3 nitrogen and oxygen atoms in total. The Hall–Kier alpha value is -0.990. The normalized spacial score (nSPS) is 20.8. The minimum atomic E-state index is -0.415. The molecule has 1 heterocycles. The highest BCUT2D eigenvalue weighted by atomic mass is 16.6. The van der Waals surface area contributed by atoms with Crippen molar-refractivity contribution in [3.8, 4) is 0 Å². The van der Waals surface area contributed by atoms with E-state index in [2.05, 4.69) is 19.9 Å². The average molecular weight is 267 g/mol. The number of hydrogen-bond donors (Lipinski definition) is 0. The van der Waals surface area contributed by atoms with Crippen LogP contribution in [0, 0.1) is 0 Å². The molecule has 19 heavy (non-hydrogen) atoms. The molecular formula is C16H29NO2. The van der Waals surface area contributed by atoms with Gasteiger partial charge in [-0.2, -0.15) is 0 Å². The van der Waals surface area contributed by atoms with E-state index in [0.717, 1.165) is 19.4 Å². The van der Waals surface area contributed by atoms with Crippen LogP contribution in [0.15, 0.2) is 11.6 Å². The second-order valence-electron chi connectivity index (χ2n) is 6.47. The van der Waals surface area contributed by atoms with Gasteiger partial charge in [-0.25, -0.2) is 4.79 Å². The van der Waals surface area contributed by atoms with Crippen molar-refractivity contribution in [2.75, 3.05) is 6.54 Å². The molecule has 1 aliphatic heterocycles. The molecule has 1 rings (SSSR count). The van der Waals surface area contributed by atoms with Crippen molar-refractivity contribution in [3.63, 3.8) is 0 Å². The van der Waals surface area contributed by atoms with Crippen molar-refractivity contribution in [3.05, 3.63) is 11.6 Å². The van der Waals surface area contributed by atoms with E-state index in [9.17, 15) is 4.79 Å². The lowest BCUT2D eigenvalue weighted by Crippen LogP contribution is -2.42. The highest BCUT2D eigenvalue weighted by molar-refractivity contribution is 5.68. The second kappa shape index (κ2) is 6.97. The Labute approximate surface area is 118 Å². The smallest absolute Gasteiger partial charge is 0.410 e. The fourth-order valence-corrected chi connectivity index (χ4v) is 2.27. The molecule has 0 aliphatic carbocycles. The van der Waals surface area contributed by atoms with Crippen LogP contribution >= 0.6 is 0 Å².